The first-order valence-electron chi connectivity index (χ1n) is 9.90. The molecule has 0 spiro atoms. The van der Waals surface area contributed by atoms with Gasteiger partial charge in [0.05, 0.1) is 29.4 Å². The van der Waals surface area contributed by atoms with Crippen molar-refractivity contribution in [2.75, 3.05) is 42.9 Å². The van der Waals surface area contributed by atoms with Crippen molar-refractivity contribution in [1.29, 1.82) is 0 Å². The number of nitrogens with zero attached hydrogens (tertiary/aromatic N) is 1. The lowest BCUT2D eigenvalue weighted by atomic mass is 10.1. The lowest BCUT2D eigenvalue weighted by Crippen LogP contribution is -3.13. The van der Waals surface area contributed by atoms with Gasteiger partial charge in [-0.3, -0.25) is 4.79 Å². The molecule has 1 heterocycles. The van der Waals surface area contributed by atoms with Crippen LogP contribution in [0.3, 0.4) is 0 Å². The molecule has 7 nitrogen and oxygen atoms in total. The molecule has 0 saturated carbocycles. The van der Waals surface area contributed by atoms with Gasteiger partial charge in [0.1, 0.15) is 0 Å². The van der Waals surface area contributed by atoms with Crippen LogP contribution >= 0.6 is 0 Å². The number of nitrogens with one attached hydrogen (secondary N) is 2. The largest absolute Gasteiger partial charge is 0.370 e. The number of hydrogen-bond acceptors (Lipinski definition) is 4. The van der Waals surface area contributed by atoms with Crippen LogP contribution in [0.5, 0.6) is 0 Å². The lowest BCUT2D eigenvalue weighted by molar-refractivity contribution is -0.892. The first-order chi connectivity index (χ1) is 12.8. The third kappa shape index (κ3) is 6.48. The summed E-state index contributed by atoms with van der Waals surface area (Å²) in [7, 11) is -3.83. The van der Waals surface area contributed by atoms with Crippen molar-refractivity contribution in [1.82, 2.24) is 0 Å². The van der Waals surface area contributed by atoms with Crippen LogP contribution in [0.2, 0.25) is 0 Å². The maximum Gasteiger partial charge on any atom is 0.279 e. The number of rotatable bonds is 7. The van der Waals surface area contributed by atoms with Crippen LogP contribution in [0.4, 0.5) is 11.4 Å². The number of hydrogen-bond donors (Lipinski definition) is 3. The summed E-state index contributed by atoms with van der Waals surface area (Å²) >= 11 is 0. The number of nitrogens with two attached hydrogens (primary N) is 1. The van der Waals surface area contributed by atoms with Crippen molar-refractivity contribution in [3.05, 3.63) is 18.2 Å². The molecule has 1 saturated heterocycles. The van der Waals surface area contributed by atoms with Gasteiger partial charge in [0, 0.05) is 13.1 Å². The van der Waals surface area contributed by atoms with Crippen molar-refractivity contribution in [2.24, 2.45) is 5.14 Å². The molecule has 0 aromatic heterocycles. The van der Waals surface area contributed by atoms with Crippen LogP contribution in [0.25, 0.3) is 0 Å². The average Bonchev–Trinajstić information content (AvgIpc) is 2.58. The molecule has 0 radical (unpaired) electrons. The molecular formula is C19H33N4O3S+. The molecule has 1 fully saturated rings. The normalized spacial score (nSPS) is 16.4. The molecule has 1 aliphatic heterocycles. The number of carbonyl (C=O) groups is 1. The van der Waals surface area contributed by atoms with Crippen molar-refractivity contribution in [3.63, 3.8) is 0 Å². The first kappa shape index (κ1) is 21.7. The Morgan fingerprint density at radius 1 is 1.11 bits per heavy atom. The van der Waals surface area contributed by atoms with E-state index >= 15 is 0 Å². The summed E-state index contributed by atoms with van der Waals surface area (Å²) in [4.78, 5) is 16.0. The van der Waals surface area contributed by atoms with Gasteiger partial charge in [-0.25, -0.2) is 13.6 Å². The fraction of sp³-hybridized carbons (Fsp3) is 0.632. The van der Waals surface area contributed by atoms with Gasteiger partial charge in [-0.15, -0.1) is 0 Å². The van der Waals surface area contributed by atoms with Crippen LogP contribution in [0.15, 0.2) is 23.1 Å². The van der Waals surface area contributed by atoms with Crippen LogP contribution in [0.1, 0.15) is 46.0 Å². The topological polar surface area (TPSA) is 96.9 Å². The van der Waals surface area contributed by atoms with E-state index in [0.29, 0.717) is 12.2 Å². The molecule has 27 heavy (non-hydrogen) atoms. The number of quaternary nitrogens is 1. The predicted octanol–water partition coefficient (Wildman–Crippen LogP) is 0.968. The van der Waals surface area contributed by atoms with Gasteiger partial charge in [0.15, 0.2) is 6.54 Å². The highest BCUT2D eigenvalue weighted by Crippen LogP contribution is 2.28. The monoisotopic (exact) mass is 397 g/mol. The second-order valence-electron chi connectivity index (χ2n) is 7.14. The number of amides is 1. The quantitative estimate of drug-likeness (QED) is 0.639. The van der Waals surface area contributed by atoms with Gasteiger partial charge < -0.3 is 15.1 Å². The fourth-order valence-electron chi connectivity index (χ4n) is 3.64. The molecular weight excluding hydrogens is 364 g/mol. The smallest absolute Gasteiger partial charge is 0.279 e. The maximum atomic E-state index is 12.7. The first-order valence-corrected chi connectivity index (χ1v) is 11.4. The molecule has 1 amide bonds. The van der Waals surface area contributed by atoms with Gasteiger partial charge >= 0.3 is 0 Å². The zero-order valence-electron chi connectivity index (χ0n) is 16.5. The Balaban J connectivity index is 2.19. The zero-order chi connectivity index (χ0) is 19.9. The zero-order valence-corrected chi connectivity index (χ0v) is 17.3. The van der Waals surface area contributed by atoms with E-state index in [-0.39, 0.29) is 10.8 Å². The highest BCUT2D eigenvalue weighted by Gasteiger charge is 2.19. The summed E-state index contributed by atoms with van der Waals surface area (Å²) < 4.78 is 23.5. The number of likely N-dealkylation sites (tertiary alicyclic amines) is 1. The highest BCUT2D eigenvalue weighted by molar-refractivity contribution is 7.89. The Labute approximate surface area is 163 Å². The fourth-order valence-corrected chi connectivity index (χ4v) is 4.18. The minimum atomic E-state index is -3.83. The van der Waals surface area contributed by atoms with E-state index in [4.69, 9.17) is 5.14 Å². The highest BCUT2D eigenvalue weighted by atomic mass is 32.2. The third-order valence-corrected chi connectivity index (χ3v) is 6.06. The van der Waals surface area contributed by atoms with E-state index in [1.807, 2.05) is 13.8 Å². The van der Waals surface area contributed by atoms with Gasteiger partial charge in [0.25, 0.3) is 5.91 Å². The van der Waals surface area contributed by atoms with Gasteiger partial charge in [-0.1, -0.05) is 6.42 Å². The van der Waals surface area contributed by atoms with E-state index < -0.39 is 10.0 Å². The molecule has 8 heteroatoms. The van der Waals surface area contributed by atoms with E-state index in [1.165, 1.54) is 36.3 Å². The minimum Gasteiger partial charge on any atom is -0.370 e. The molecule has 0 bridgehead atoms. The molecule has 4 N–H and O–H groups in total. The van der Waals surface area contributed by atoms with Crippen LogP contribution in [-0.4, -0.2) is 47.0 Å². The van der Waals surface area contributed by atoms with E-state index in [1.54, 1.807) is 6.07 Å². The van der Waals surface area contributed by atoms with E-state index in [0.717, 1.165) is 44.7 Å². The molecule has 0 aliphatic carbocycles. The number of benzene rings is 1. The SMILES string of the molecule is CCN(CC)c1ccc(S(N)(=O)=O)cc1NC(=O)C[NH+]1CCCCCCC1. The summed E-state index contributed by atoms with van der Waals surface area (Å²) in [5.41, 5.74) is 1.31. The molecule has 0 unspecified atom stereocenters. The van der Waals surface area contributed by atoms with Crippen molar-refractivity contribution >= 4 is 27.3 Å². The minimum absolute atomic E-state index is 0.00677. The Morgan fingerprint density at radius 3 is 2.26 bits per heavy atom. The molecule has 1 aromatic carbocycles. The maximum absolute atomic E-state index is 12.7. The third-order valence-electron chi connectivity index (χ3n) is 5.15. The number of carbonyl (C=O) groups excluding carboxylic acids is 1. The molecule has 1 aliphatic rings. The Bertz CT molecular complexity index is 724. The lowest BCUT2D eigenvalue weighted by Gasteiger charge is -2.25. The Hall–Kier alpha value is -1.64. The summed E-state index contributed by atoms with van der Waals surface area (Å²) in [5, 5.41) is 8.21. The van der Waals surface area contributed by atoms with E-state index in [2.05, 4.69) is 10.2 Å². The number of primary sulfonamides is 1. The van der Waals surface area contributed by atoms with Gasteiger partial charge in [-0.2, -0.15) is 0 Å². The number of anilines is 2. The summed E-state index contributed by atoms with van der Waals surface area (Å²) in [6.45, 7) is 7.97. The number of sulfonamides is 1. The van der Waals surface area contributed by atoms with Crippen molar-refractivity contribution in [2.45, 2.75) is 50.8 Å². The average molecular weight is 398 g/mol. The molecule has 152 valence electrons. The van der Waals surface area contributed by atoms with Crippen LogP contribution < -0.4 is 20.3 Å². The van der Waals surface area contributed by atoms with Crippen LogP contribution in [-0.2, 0) is 14.8 Å². The van der Waals surface area contributed by atoms with E-state index in [9.17, 15) is 13.2 Å². The Morgan fingerprint density at radius 2 is 1.70 bits per heavy atom. The summed E-state index contributed by atoms with van der Waals surface area (Å²) in [5.74, 6) is -0.0921. The predicted molar refractivity (Wildman–Crippen MR) is 109 cm³/mol. The van der Waals surface area contributed by atoms with Gasteiger partial charge in [-0.05, 0) is 57.7 Å². The second kappa shape index (κ2) is 10.1. The molecule has 2 rings (SSSR count). The molecule has 1 aromatic rings. The summed E-state index contributed by atoms with van der Waals surface area (Å²) in [6.07, 6.45) is 6.04. The standard InChI is InChI=1S/C19H32N4O3S/c1-3-23(4-2)18-11-10-16(27(20,25)26)14-17(18)21-19(24)15-22-12-8-6-5-7-9-13-22/h10-11,14H,3-9,12-13,15H2,1-2H3,(H,21,24)(H2,20,25,26)/p+1. The molecule has 0 atom stereocenters. The van der Waals surface area contributed by atoms with Gasteiger partial charge in [0.2, 0.25) is 10.0 Å². The van der Waals surface area contributed by atoms with Crippen LogP contribution in [0, 0.1) is 0 Å². The Kier molecular flexibility index (Phi) is 8.07. The second-order valence-corrected chi connectivity index (χ2v) is 8.70. The van der Waals surface area contributed by atoms with Crippen molar-refractivity contribution < 1.29 is 18.1 Å². The van der Waals surface area contributed by atoms with Crippen molar-refractivity contribution in [3.8, 4) is 0 Å². The summed E-state index contributed by atoms with van der Waals surface area (Å²) in [6, 6.07) is 4.66.